The number of nitrogens with zero attached hydrogens (tertiary/aromatic N) is 1. The molecule has 8 heteroatoms. The van der Waals surface area contributed by atoms with Gasteiger partial charge in [0.05, 0.1) is 23.4 Å². The molecule has 4 rings (SSSR count). The van der Waals surface area contributed by atoms with Crippen molar-refractivity contribution in [1.29, 1.82) is 0 Å². The molecule has 4 aromatic carbocycles. The van der Waals surface area contributed by atoms with Crippen molar-refractivity contribution in [3.05, 3.63) is 129 Å². The van der Waals surface area contributed by atoms with E-state index < -0.39 is 17.5 Å². The average Bonchev–Trinajstić information content (AvgIpc) is 2.95. The number of methoxy groups -OCH3 is 1. The minimum Gasteiger partial charge on any atom is -0.493 e. The highest BCUT2D eigenvalue weighted by atomic mass is 79.9. The average molecular weight is 573 g/mol. The number of halogens is 1. The molecule has 38 heavy (non-hydrogen) atoms. The van der Waals surface area contributed by atoms with Crippen molar-refractivity contribution in [1.82, 2.24) is 5.43 Å². The van der Waals surface area contributed by atoms with Crippen molar-refractivity contribution >= 4 is 34.0 Å². The summed E-state index contributed by atoms with van der Waals surface area (Å²) in [4.78, 5) is 25.8. The van der Waals surface area contributed by atoms with Gasteiger partial charge in [-0.2, -0.15) is 5.10 Å². The summed E-state index contributed by atoms with van der Waals surface area (Å²) in [6, 6.07) is 27.6. The van der Waals surface area contributed by atoms with Crippen LogP contribution in [-0.2, 0) is 10.4 Å². The van der Waals surface area contributed by atoms with Gasteiger partial charge in [0.15, 0.2) is 17.1 Å². The van der Waals surface area contributed by atoms with E-state index in [1.807, 2.05) is 19.1 Å². The summed E-state index contributed by atoms with van der Waals surface area (Å²) in [7, 11) is 1.45. The highest BCUT2D eigenvalue weighted by Gasteiger charge is 2.39. The molecule has 0 aromatic heterocycles. The fraction of sp³-hybridized carbons (Fsp3) is 0.100. The van der Waals surface area contributed by atoms with Gasteiger partial charge in [0, 0.05) is 0 Å². The molecule has 0 heterocycles. The Morgan fingerprint density at radius 1 is 0.921 bits per heavy atom. The van der Waals surface area contributed by atoms with Gasteiger partial charge in [-0.1, -0.05) is 78.4 Å². The number of benzene rings is 4. The number of ether oxygens (including phenoxy) is 2. The summed E-state index contributed by atoms with van der Waals surface area (Å²) < 4.78 is 11.5. The summed E-state index contributed by atoms with van der Waals surface area (Å²) in [5.74, 6) is -0.751. The summed E-state index contributed by atoms with van der Waals surface area (Å²) in [6.07, 6.45) is 1.40. The first-order valence-corrected chi connectivity index (χ1v) is 12.5. The Hall–Kier alpha value is -4.27. The van der Waals surface area contributed by atoms with E-state index in [1.165, 1.54) is 13.3 Å². The summed E-state index contributed by atoms with van der Waals surface area (Å²) in [5.41, 5.74) is 3.28. The maximum atomic E-state index is 13.2. The fourth-order valence-corrected chi connectivity index (χ4v) is 4.33. The number of aliphatic hydroxyl groups is 1. The number of hydrazone groups is 1. The molecule has 2 N–H and O–H groups in total. The molecular formula is C30H25BrN2O5. The van der Waals surface area contributed by atoms with Gasteiger partial charge in [0.2, 0.25) is 0 Å². The highest BCUT2D eigenvalue weighted by Crippen LogP contribution is 2.37. The molecule has 0 aliphatic heterocycles. The van der Waals surface area contributed by atoms with E-state index in [1.54, 1.807) is 84.9 Å². The van der Waals surface area contributed by atoms with Gasteiger partial charge in [-0.15, -0.1) is 0 Å². The lowest BCUT2D eigenvalue weighted by atomic mass is 9.85. The van der Waals surface area contributed by atoms with Crippen LogP contribution in [0, 0.1) is 6.92 Å². The second-order valence-electron chi connectivity index (χ2n) is 8.43. The highest BCUT2D eigenvalue weighted by molar-refractivity contribution is 9.10. The Bertz CT molecular complexity index is 1420. The molecule has 0 saturated carbocycles. The fourth-order valence-electron chi connectivity index (χ4n) is 3.79. The zero-order valence-electron chi connectivity index (χ0n) is 20.7. The van der Waals surface area contributed by atoms with Crippen LogP contribution in [0.15, 0.2) is 107 Å². The van der Waals surface area contributed by atoms with Crippen LogP contribution in [0.1, 0.15) is 32.6 Å². The monoisotopic (exact) mass is 572 g/mol. The van der Waals surface area contributed by atoms with Crippen molar-refractivity contribution in [2.45, 2.75) is 12.5 Å². The lowest BCUT2D eigenvalue weighted by molar-refractivity contribution is -0.136. The number of carbonyl (C=O) groups is 2. The Labute approximate surface area is 228 Å². The Morgan fingerprint density at radius 3 is 2.05 bits per heavy atom. The van der Waals surface area contributed by atoms with Crippen LogP contribution in [0.3, 0.4) is 0 Å². The predicted octanol–water partition coefficient (Wildman–Crippen LogP) is 5.37. The van der Waals surface area contributed by atoms with E-state index in [-0.39, 0.29) is 11.5 Å². The van der Waals surface area contributed by atoms with Gasteiger partial charge in [-0.25, -0.2) is 10.2 Å². The Morgan fingerprint density at radius 2 is 1.50 bits per heavy atom. The van der Waals surface area contributed by atoms with Crippen LogP contribution < -0.4 is 14.9 Å². The standard InChI is InChI=1S/C30H25BrN2O5/c1-20-13-15-22(16-14-20)28(34)38-27-25(31)17-21(18-26(27)37-2)19-32-33-29(35)30(36,23-9-5-3-6-10-23)24-11-7-4-8-12-24/h3-19,36H,1-2H3,(H,33,35). The minimum absolute atomic E-state index is 0.210. The van der Waals surface area contributed by atoms with Crippen LogP contribution in [0.25, 0.3) is 0 Å². The molecule has 0 unspecified atom stereocenters. The van der Waals surface area contributed by atoms with Crippen molar-refractivity contribution in [2.24, 2.45) is 5.10 Å². The largest absolute Gasteiger partial charge is 0.493 e. The Balaban J connectivity index is 1.54. The molecular weight excluding hydrogens is 548 g/mol. The predicted molar refractivity (Wildman–Crippen MR) is 148 cm³/mol. The zero-order chi connectivity index (χ0) is 27.1. The normalized spacial score (nSPS) is 11.3. The molecule has 0 atom stereocenters. The smallest absolute Gasteiger partial charge is 0.343 e. The zero-order valence-corrected chi connectivity index (χ0v) is 22.3. The van der Waals surface area contributed by atoms with Gasteiger partial charge in [0.1, 0.15) is 0 Å². The number of carbonyl (C=O) groups excluding carboxylic acids is 2. The molecule has 7 nitrogen and oxygen atoms in total. The molecule has 192 valence electrons. The first-order chi connectivity index (χ1) is 18.3. The van der Waals surface area contributed by atoms with Gasteiger partial charge in [-0.3, -0.25) is 4.79 Å². The van der Waals surface area contributed by atoms with Gasteiger partial charge in [0.25, 0.3) is 5.91 Å². The maximum absolute atomic E-state index is 13.2. The van der Waals surface area contributed by atoms with Crippen LogP contribution >= 0.6 is 15.9 Å². The maximum Gasteiger partial charge on any atom is 0.343 e. The number of amides is 1. The third kappa shape index (κ3) is 5.82. The molecule has 0 fully saturated rings. The first-order valence-electron chi connectivity index (χ1n) is 11.7. The minimum atomic E-state index is -1.95. The van der Waals surface area contributed by atoms with E-state index in [2.05, 4.69) is 26.5 Å². The summed E-state index contributed by atoms with van der Waals surface area (Å²) in [6.45, 7) is 1.93. The first kappa shape index (κ1) is 26.8. The molecule has 0 radical (unpaired) electrons. The second-order valence-corrected chi connectivity index (χ2v) is 9.29. The lowest BCUT2D eigenvalue weighted by Crippen LogP contribution is -2.43. The number of nitrogens with one attached hydrogen (secondary N) is 1. The summed E-state index contributed by atoms with van der Waals surface area (Å²) in [5, 5.41) is 15.6. The number of hydrogen-bond acceptors (Lipinski definition) is 6. The molecule has 0 spiro atoms. The number of hydrogen-bond donors (Lipinski definition) is 2. The van der Waals surface area contributed by atoms with E-state index in [0.29, 0.717) is 26.7 Å². The molecule has 0 aliphatic carbocycles. The third-order valence-corrected chi connectivity index (χ3v) is 6.41. The van der Waals surface area contributed by atoms with Gasteiger partial charge in [-0.05, 0) is 63.8 Å². The van der Waals surface area contributed by atoms with Crippen LogP contribution in [0.4, 0.5) is 0 Å². The quantitative estimate of drug-likeness (QED) is 0.128. The SMILES string of the molecule is COc1cc(C=NNC(=O)C(O)(c2ccccc2)c2ccccc2)cc(Br)c1OC(=O)c1ccc(C)cc1. The van der Waals surface area contributed by atoms with Crippen LogP contribution in [0.2, 0.25) is 0 Å². The molecule has 0 bridgehead atoms. The molecule has 1 amide bonds. The van der Waals surface area contributed by atoms with Crippen molar-refractivity contribution in [2.75, 3.05) is 7.11 Å². The van der Waals surface area contributed by atoms with Crippen molar-refractivity contribution in [3.63, 3.8) is 0 Å². The number of rotatable bonds is 8. The third-order valence-electron chi connectivity index (χ3n) is 5.83. The van der Waals surface area contributed by atoms with E-state index in [0.717, 1.165) is 5.56 Å². The molecule has 0 aliphatic rings. The Kier molecular flexibility index (Phi) is 8.35. The van der Waals surface area contributed by atoms with E-state index >= 15 is 0 Å². The van der Waals surface area contributed by atoms with E-state index in [4.69, 9.17) is 9.47 Å². The topological polar surface area (TPSA) is 97.2 Å². The molecule has 4 aromatic rings. The lowest BCUT2D eigenvalue weighted by Gasteiger charge is -2.27. The van der Waals surface area contributed by atoms with Crippen molar-refractivity contribution < 1.29 is 24.2 Å². The summed E-state index contributed by atoms with van der Waals surface area (Å²) >= 11 is 3.42. The number of aryl methyl sites for hydroxylation is 1. The number of esters is 1. The second kappa shape index (κ2) is 11.9. The molecule has 0 saturated heterocycles. The van der Waals surface area contributed by atoms with Crippen molar-refractivity contribution in [3.8, 4) is 11.5 Å². The van der Waals surface area contributed by atoms with Gasteiger partial charge < -0.3 is 14.6 Å². The van der Waals surface area contributed by atoms with Crippen LogP contribution in [-0.4, -0.2) is 30.3 Å². The van der Waals surface area contributed by atoms with Crippen LogP contribution in [0.5, 0.6) is 11.5 Å². The van der Waals surface area contributed by atoms with Gasteiger partial charge >= 0.3 is 5.97 Å². The van der Waals surface area contributed by atoms with E-state index in [9.17, 15) is 14.7 Å².